The SMILES string of the molecule is COCC(C)Nc1ncnc(Nc2ccc(C(C)=O)cc2)c1[N+](=O)[O-]. The van der Waals surface area contributed by atoms with Crippen molar-refractivity contribution in [2.45, 2.75) is 19.9 Å². The van der Waals surface area contributed by atoms with Crippen molar-refractivity contribution in [3.05, 3.63) is 46.3 Å². The topological polar surface area (TPSA) is 119 Å². The van der Waals surface area contributed by atoms with Crippen LogP contribution in [0.1, 0.15) is 24.2 Å². The summed E-state index contributed by atoms with van der Waals surface area (Å²) in [5.74, 6) is 0.105. The molecular formula is C16H19N5O4. The number of hydrogen-bond donors (Lipinski definition) is 2. The van der Waals surface area contributed by atoms with Crippen LogP contribution in [0, 0.1) is 10.1 Å². The van der Waals surface area contributed by atoms with E-state index in [0.29, 0.717) is 17.9 Å². The van der Waals surface area contributed by atoms with Crippen LogP contribution in [0.4, 0.5) is 23.0 Å². The highest BCUT2D eigenvalue weighted by Gasteiger charge is 2.24. The predicted molar refractivity (Wildman–Crippen MR) is 93.4 cm³/mol. The molecule has 0 saturated carbocycles. The molecule has 1 heterocycles. The Labute approximate surface area is 144 Å². The van der Waals surface area contributed by atoms with E-state index in [2.05, 4.69) is 20.6 Å². The number of carbonyl (C=O) groups is 1. The lowest BCUT2D eigenvalue weighted by atomic mass is 10.1. The molecule has 25 heavy (non-hydrogen) atoms. The van der Waals surface area contributed by atoms with Gasteiger partial charge in [-0.25, -0.2) is 9.97 Å². The lowest BCUT2D eigenvalue weighted by Gasteiger charge is -2.14. The second kappa shape index (κ2) is 8.15. The van der Waals surface area contributed by atoms with Gasteiger partial charge >= 0.3 is 5.69 Å². The van der Waals surface area contributed by atoms with Gasteiger partial charge in [0, 0.05) is 24.4 Å². The number of ether oxygens (including phenoxy) is 1. The van der Waals surface area contributed by atoms with Gasteiger partial charge in [0.2, 0.25) is 11.6 Å². The van der Waals surface area contributed by atoms with Gasteiger partial charge in [-0.2, -0.15) is 0 Å². The zero-order valence-electron chi connectivity index (χ0n) is 14.1. The van der Waals surface area contributed by atoms with Gasteiger partial charge in [-0.1, -0.05) is 0 Å². The molecule has 0 bridgehead atoms. The Hall–Kier alpha value is -3.07. The first-order valence-corrected chi connectivity index (χ1v) is 7.55. The largest absolute Gasteiger partial charge is 0.383 e. The summed E-state index contributed by atoms with van der Waals surface area (Å²) in [5, 5.41) is 17.3. The van der Waals surface area contributed by atoms with Gasteiger partial charge in [0.25, 0.3) is 0 Å². The van der Waals surface area contributed by atoms with Crippen LogP contribution in [-0.2, 0) is 4.74 Å². The molecule has 0 radical (unpaired) electrons. The number of hydrogen-bond acceptors (Lipinski definition) is 8. The van der Waals surface area contributed by atoms with Gasteiger partial charge in [0.1, 0.15) is 6.33 Å². The van der Waals surface area contributed by atoms with E-state index in [1.807, 2.05) is 6.92 Å². The number of rotatable bonds is 8. The first-order valence-electron chi connectivity index (χ1n) is 7.55. The monoisotopic (exact) mass is 345 g/mol. The van der Waals surface area contributed by atoms with Crippen LogP contribution in [-0.4, -0.2) is 40.4 Å². The molecule has 132 valence electrons. The molecule has 0 aliphatic carbocycles. The van der Waals surface area contributed by atoms with Crippen molar-refractivity contribution < 1.29 is 14.5 Å². The minimum Gasteiger partial charge on any atom is -0.383 e. The second-order valence-corrected chi connectivity index (χ2v) is 5.44. The minimum absolute atomic E-state index is 0.0572. The fourth-order valence-electron chi connectivity index (χ4n) is 2.20. The summed E-state index contributed by atoms with van der Waals surface area (Å²) in [4.78, 5) is 30.2. The lowest BCUT2D eigenvalue weighted by molar-refractivity contribution is -0.383. The second-order valence-electron chi connectivity index (χ2n) is 5.44. The average molecular weight is 345 g/mol. The van der Waals surface area contributed by atoms with Gasteiger partial charge in [-0.15, -0.1) is 0 Å². The van der Waals surface area contributed by atoms with E-state index >= 15 is 0 Å². The quantitative estimate of drug-likeness (QED) is 0.426. The van der Waals surface area contributed by atoms with Gasteiger partial charge in [0.15, 0.2) is 5.78 Å². The number of benzene rings is 1. The molecule has 0 aliphatic heterocycles. The molecule has 0 saturated heterocycles. The van der Waals surface area contributed by atoms with E-state index in [-0.39, 0.29) is 29.1 Å². The summed E-state index contributed by atoms with van der Waals surface area (Å²) in [5.41, 5.74) is 0.863. The molecule has 0 amide bonds. The molecule has 2 rings (SSSR count). The summed E-state index contributed by atoms with van der Waals surface area (Å²) in [6.07, 6.45) is 1.24. The zero-order chi connectivity index (χ0) is 18.4. The van der Waals surface area contributed by atoms with E-state index in [1.165, 1.54) is 13.3 Å². The number of Topliss-reactive ketones (excluding diaryl/α,β-unsaturated/α-hetero) is 1. The molecule has 2 aromatic rings. The molecule has 9 nitrogen and oxygen atoms in total. The molecule has 2 N–H and O–H groups in total. The highest BCUT2D eigenvalue weighted by molar-refractivity contribution is 5.94. The molecule has 0 aliphatic rings. The lowest BCUT2D eigenvalue weighted by Crippen LogP contribution is -2.22. The van der Waals surface area contributed by atoms with Crippen LogP contribution in [0.3, 0.4) is 0 Å². The van der Waals surface area contributed by atoms with Gasteiger partial charge in [0.05, 0.1) is 11.5 Å². The van der Waals surface area contributed by atoms with Gasteiger partial charge < -0.3 is 15.4 Å². The van der Waals surface area contributed by atoms with Gasteiger partial charge in [-0.05, 0) is 38.1 Å². The van der Waals surface area contributed by atoms with E-state index in [9.17, 15) is 14.9 Å². The molecule has 0 spiro atoms. The standard InChI is InChI=1S/C16H19N5O4/c1-10(8-25-3)19-15-14(21(23)24)16(18-9-17-15)20-13-6-4-12(5-7-13)11(2)22/h4-7,9-10H,8H2,1-3H3,(H2,17,18,19,20). The van der Waals surface area contributed by atoms with E-state index in [1.54, 1.807) is 31.4 Å². The predicted octanol–water partition coefficient (Wildman–Crippen LogP) is 2.78. The van der Waals surface area contributed by atoms with Crippen molar-refractivity contribution in [3.63, 3.8) is 0 Å². The molecule has 1 aromatic heterocycles. The Morgan fingerprint density at radius 2 is 1.92 bits per heavy atom. The van der Waals surface area contributed by atoms with Crippen LogP contribution in [0.25, 0.3) is 0 Å². The number of nitrogens with one attached hydrogen (secondary N) is 2. The van der Waals surface area contributed by atoms with Crippen molar-refractivity contribution in [2.75, 3.05) is 24.4 Å². The number of ketones is 1. The number of nitrogens with zero attached hydrogens (tertiary/aromatic N) is 3. The molecule has 1 aromatic carbocycles. The highest BCUT2D eigenvalue weighted by Crippen LogP contribution is 2.31. The van der Waals surface area contributed by atoms with E-state index in [4.69, 9.17) is 4.74 Å². The third-order valence-corrected chi connectivity index (χ3v) is 3.36. The van der Waals surface area contributed by atoms with E-state index < -0.39 is 4.92 Å². The summed E-state index contributed by atoms with van der Waals surface area (Å²) >= 11 is 0. The van der Waals surface area contributed by atoms with Crippen LogP contribution in [0.5, 0.6) is 0 Å². The number of carbonyl (C=O) groups excluding carboxylic acids is 1. The fraction of sp³-hybridized carbons (Fsp3) is 0.312. The first-order chi connectivity index (χ1) is 11.9. The number of nitro groups is 1. The molecular weight excluding hydrogens is 326 g/mol. The van der Waals surface area contributed by atoms with Crippen molar-refractivity contribution in [1.82, 2.24) is 9.97 Å². The summed E-state index contributed by atoms with van der Waals surface area (Å²) in [6.45, 7) is 3.66. The van der Waals surface area contributed by atoms with Crippen molar-refractivity contribution in [3.8, 4) is 0 Å². The van der Waals surface area contributed by atoms with Crippen molar-refractivity contribution >= 4 is 28.8 Å². The molecule has 1 atom stereocenters. The Morgan fingerprint density at radius 1 is 1.28 bits per heavy atom. The number of aromatic nitrogens is 2. The maximum Gasteiger partial charge on any atom is 0.353 e. The molecule has 0 fully saturated rings. The fourth-order valence-corrected chi connectivity index (χ4v) is 2.20. The Balaban J connectivity index is 2.30. The van der Waals surface area contributed by atoms with Crippen molar-refractivity contribution in [1.29, 1.82) is 0 Å². The Kier molecular flexibility index (Phi) is 5.96. The van der Waals surface area contributed by atoms with Crippen molar-refractivity contribution in [2.24, 2.45) is 0 Å². The summed E-state index contributed by atoms with van der Waals surface area (Å²) < 4.78 is 5.01. The smallest absolute Gasteiger partial charge is 0.353 e. The zero-order valence-corrected chi connectivity index (χ0v) is 14.1. The number of methoxy groups -OCH3 is 1. The molecule has 9 heteroatoms. The number of anilines is 3. The average Bonchev–Trinajstić information content (AvgIpc) is 2.55. The Morgan fingerprint density at radius 3 is 2.48 bits per heavy atom. The summed E-state index contributed by atoms with van der Waals surface area (Å²) in [6, 6.07) is 6.42. The third kappa shape index (κ3) is 4.70. The van der Waals surface area contributed by atoms with Crippen LogP contribution in [0.2, 0.25) is 0 Å². The maximum absolute atomic E-state index is 11.5. The van der Waals surface area contributed by atoms with Crippen LogP contribution in [0.15, 0.2) is 30.6 Å². The van der Waals surface area contributed by atoms with Crippen LogP contribution >= 0.6 is 0 Å². The maximum atomic E-state index is 11.5. The first kappa shape index (κ1) is 18.3. The summed E-state index contributed by atoms with van der Waals surface area (Å²) in [7, 11) is 1.55. The molecule has 1 unspecified atom stereocenters. The van der Waals surface area contributed by atoms with E-state index in [0.717, 1.165) is 0 Å². The van der Waals surface area contributed by atoms with Crippen LogP contribution < -0.4 is 10.6 Å². The highest BCUT2D eigenvalue weighted by atomic mass is 16.6. The Bertz CT molecular complexity index is 764. The third-order valence-electron chi connectivity index (χ3n) is 3.36. The minimum atomic E-state index is -0.547. The normalized spacial score (nSPS) is 11.6. The van der Waals surface area contributed by atoms with Gasteiger partial charge in [-0.3, -0.25) is 14.9 Å².